The van der Waals surface area contributed by atoms with Crippen LogP contribution in [0.25, 0.3) is 0 Å². The molecule has 1 amide bonds. The molecule has 1 atom stereocenters. The third-order valence-electron chi connectivity index (χ3n) is 2.28. The van der Waals surface area contributed by atoms with Gasteiger partial charge in [-0.25, -0.2) is 0 Å². The maximum absolute atomic E-state index is 11.6. The van der Waals surface area contributed by atoms with Crippen LogP contribution in [0.3, 0.4) is 0 Å². The minimum Gasteiger partial charge on any atom is -0.301 e. The first-order chi connectivity index (χ1) is 7.11. The number of nitriles is 1. The van der Waals surface area contributed by atoms with Gasteiger partial charge in [0.2, 0.25) is 5.91 Å². The van der Waals surface area contributed by atoms with E-state index >= 15 is 0 Å². The fourth-order valence-corrected chi connectivity index (χ4v) is 2.90. The summed E-state index contributed by atoms with van der Waals surface area (Å²) in [5.41, 5.74) is 0.566. The first-order valence-corrected chi connectivity index (χ1v) is 5.82. The molecular weight excluding hydrogens is 232 g/mol. The van der Waals surface area contributed by atoms with Crippen molar-refractivity contribution < 1.29 is 4.79 Å². The van der Waals surface area contributed by atoms with Crippen LogP contribution in [-0.2, 0) is 4.79 Å². The third-order valence-corrected chi connectivity index (χ3v) is 3.64. The molecule has 0 aromatic carbocycles. The smallest absolute Gasteiger partial charge is 0.229 e. The number of carbonyl (C=O) groups is 1. The Bertz CT molecular complexity index is 449. The maximum Gasteiger partial charge on any atom is 0.229 e. The van der Waals surface area contributed by atoms with E-state index < -0.39 is 0 Å². The van der Waals surface area contributed by atoms with Gasteiger partial charge in [0.25, 0.3) is 0 Å². The monoisotopic (exact) mass is 240 g/mol. The first kappa shape index (κ1) is 10.5. The Morgan fingerprint density at radius 3 is 3.00 bits per heavy atom. The third kappa shape index (κ3) is 1.85. The van der Waals surface area contributed by atoms with Crippen molar-refractivity contribution in [2.75, 3.05) is 11.4 Å². The summed E-state index contributed by atoms with van der Waals surface area (Å²) >= 11 is 7.38. The van der Waals surface area contributed by atoms with Gasteiger partial charge < -0.3 is 4.90 Å². The molecule has 15 heavy (non-hydrogen) atoms. The number of carbonyl (C=O) groups excluding carboxylic acids is 1. The van der Waals surface area contributed by atoms with Gasteiger partial charge in [-0.2, -0.15) is 5.26 Å². The summed E-state index contributed by atoms with van der Waals surface area (Å²) in [4.78, 5) is 14.3. The molecular formula is C10H9ClN2OS. The summed E-state index contributed by atoms with van der Waals surface area (Å²) in [5, 5.41) is 9.54. The number of amides is 1. The van der Waals surface area contributed by atoms with Gasteiger partial charge in [-0.3, -0.25) is 4.79 Å². The predicted molar refractivity (Wildman–Crippen MR) is 60.4 cm³/mol. The van der Waals surface area contributed by atoms with Crippen molar-refractivity contribution in [1.29, 1.82) is 5.26 Å². The molecule has 78 valence electrons. The molecule has 1 saturated heterocycles. The van der Waals surface area contributed by atoms with E-state index in [1.165, 1.54) is 11.3 Å². The highest BCUT2D eigenvalue weighted by Gasteiger charge is 2.31. The van der Waals surface area contributed by atoms with E-state index in [2.05, 4.69) is 6.07 Å². The highest BCUT2D eigenvalue weighted by atomic mass is 35.5. The minimum atomic E-state index is -0.133. The quantitative estimate of drug-likeness (QED) is 0.707. The summed E-state index contributed by atoms with van der Waals surface area (Å²) in [7, 11) is 0. The Morgan fingerprint density at radius 1 is 1.73 bits per heavy atom. The second-order valence-electron chi connectivity index (χ2n) is 3.49. The number of nitrogens with zero attached hydrogens (tertiary/aromatic N) is 2. The van der Waals surface area contributed by atoms with E-state index in [1.807, 2.05) is 6.92 Å². The van der Waals surface area contributed by atoms with Crippen LogP contribution in [0.5, 0.6) is 0 Å². The van der Waals surface area contributed by atoms with Crippen LogP contribution in [0, 0.1) is 18.3 Å². The molecule has 2 rings (SSSR count). The van der Waals surface area contributed by atoms with E-state index in [9.17, 15) is 4.79 Å². The number of thiophene rings is 1. The van der Waals surface area contributed by atoms with Crippen molar-refractivity contribution in [2.45, 2.75) is 18.7 Å². The van der Waals surface area contributed by atoms with Crippen molar-refractivity contribution in [3.05, 3.63) is 16.5 Å². The normalized spacial score (nSPS) is 20.7. The van der Waals surface area contributed by atoms with Gasteiger partial charge in [0.15, 0.2) is 0 Å². The van der Waals surface area contributed by atoms with Crippen LogP contribution in [0.4, 0.5) is 5.00 Å². The van der Waals surface area contributed by atoms with Gasteiger partial charge >= 0.3 is 0 Å². The van der Waals surface area contributed by atoms with E-state index in [-0.39, 0.29) is 11.3 Å². The van der Waals surface area contributed by atoms with Gasteiger partial charge in [-0.05, 0) is 13.0 Å². The van der Waals surface area contributed by atoms with E-state index in [0.717, 1.165) is 9.88 Å². The van der Waals surface area contributed by atoms with Gasteiger partial charge in [0, 0.05) is 17.8 Å². The summed E-state index contributed by atoms with van der Waals surface area (Å²) in [5.74, 6) is 0.00773. The fourth-order valence-electron chi connectivity index (χ4n) is 1.64. The zero-order chi connectivity index (χ0) is 11.0. The predicted octanol–water partition coefficient (Wildman–Crippen LogP) is 2.27. The molecule has 3 nitrogen and oxygen atoms in total. The van der Waals surface area contributed by atoms with Gasteiger partial charge in [-0.1, -0.05) is 0 Å². The Hall–Kier alpha value is -1.05. The van der Waals surface area contributed by atoms with Crippen LogP contribution in [0.2, 0.25) is 0 Å². The van der Waals surface area contributed by atoms with Crippen molar-refractivity contribution in [1.82, 2.24) is 0 Å². The zero-order valence-electron chi connectivity index (χ0n) is 8.16. The first-order valence-electron chi connectivity index (χ1n) is 4.57. The number of halogens is 1. The topological polar surface area (TPSA) is 44.1 Å². The molecule has 1 aromatic heterocycles. The molecule has 0 aliphatic carbocycles. The lowest BCUT2D eigenvalue weighted by molar-refractivity contribution is -0.117. The second kappa shape index (κ2) is 3.84. The van der Waals surface area contributed by atoms with Crippen LogP contribution in [-0.4, -0.2) is 17.8 Å². The van der Waals surface area contributed by atoms with Crippen molar-refractivity contribution >= 4 is 33.8 Å². The molecule has 0 bridgehead atoms. The minimum absolute atomic E-state index is 0.00773. The lowest BCUT2D eigenvalue weighted by Gasteiger charge is -2.13. The highest BCUT2D eigenvalue weighted by molar-refractivity contribution is 7.16. The van der Waals surface area contributed by atoms with E-state index in [4.69, 9.17) is 16.9 Å². The van der Waals surface area contributed by atoms with Gasteiger partial charge in [-0.15, -0.1) is 22.9 Å². The summed E-state index contributed by atoms with van der Waals surface area (Å²) in [6.07, 6.45) is 0.364. The Labute approximate surface area is 96.9 Å². The summed E-state index contributed by atoms with van der Waals surface area (Å²) in [6.45, 7) is 2.43. The van der Waals surface area contributed by atoms with E-state index in [0.29, 0.717) is 18.5 Å². The SMILES string of the molecule is Cc1cc(C#N)c(N2CC(Cl)CC2=O)s1. The van der Waals surface area contributed by atoms with Crippen molar-refractivity contribution in [3.63, 3.8) is 0 Å². The number of aryl methyl sites for hydroxylation is 1. The lowest BCUT2D eigenvalue weighted by Crippen LogP contribution is -2.24. The molecule has 2 heterocycles. The van der Waals surface area contributed by atoms with Crippen molar-refractivity contribution in [3.8, 4) is 6.07 Å². The van der Waals surface area contributed by atoms with Crippen molar-refractivity contribution in [2.24, 2.45) is 0 Å². The molecule has 1 aliphatic rings. The molecule has 1 aromatic rings. The average molecular weight is 241 g/mol. The van der Waals surface area contributed by atoms with Gasteiger partial charge in [0.1, 0.15) is 11.1 Å². The summed E-state index contributed by atoms with van der Waals surface area (Å²) in [6, 6.07) is 3.90. The number of rotatable bonds is 1. The molecule has 0 saturated carbocycles. The number of hydrogen-bond acceptors (Lipinski definition) is 3. The zero-order valence-corrected chi connectivity index (χ0v) is 9.73. The Kier molecular flexibility index (Phi) is 2.68. The van der Waals surface area contributed by atoms with Crippen LogP contribution < -0.4 is 4.90 Å². The molecule has 1 aliphatic heterocycles. The Morgan fingerprint density at radius 2 is 2.47 bits per heavy atom. The van der Waals surface area contributed by atoms with Crippen LogP contribution in [0.15, 0.2) is 6.07 Å². The number of anilines is 1. The van der Waals surface area contributed by atoms with Crippen LogP contribution >= 0.6 is 22.9 Å². The average Bonchev–Trinajstić information content (AvgIpc) is 2.69. The molecule has 0 N–H and O–H groups in total. The standard InChI is InChI=1S/C10H9ClN2OS/c1-6-2-7(4-12)10(15-6)13-5-8(11)3-9(13)14/h2,8H,3,5H2,1H3. The second-order valence-corrected chi connectivity index (χ2v) is 5.35. The maximum atomic E-state index is 11.6. The summed E-state index contributed by atoms with van der Waals surface area (Å²) < 4.78 is 0. The van der Waals surface area contributed by atoms with Gasteiger partial charge in [0.05, 0.1) is 10.9 Å². The Balaban J connectivity index is 2.38. The molecule has 0 radical (unpaired) electrons. The molecule has 0 spiro atoms. The van der Waals surface area contributed by atoms with Crippen LogP contribution in [0.1, 0.15) is 16.9 Å². The fraction of sp³-hybridized carbons (Fsp3) is 0.400. The molecule has 1 unspecified atom stereocenters. The molecule has 5 heteroatoms. The molecule has 1 fully saturated rings. The highest BCUT2D eigenvalue weighted by Crippen LogP contribution is 2.34. The lowest BCUT2D eigenvalue weighted by atomic mass is 10.3. The van der Waals surface area contributed by atoms with E-state index in [1.54, 1.807) is 11.0 Å². The number of hydrogen-bond donors (Lipinski definition) is 0. The largest absolute Gasteiger partial charge is 0.301 e. The number of alkyl halides is 1.